The second-order valence-corrected chi connectivity index (χ2v) is 8.00. The summed E-state index contributed by atoms with van der Waals surface area (Å²) in [6, 6.07) is 14.4. The number of methoxy groups -OCH3 is 2. The standard InChI is InChI=1S/C28H26N2O6/c1-4-15-36-20-12-10-19(11-13-20)25(31)23-24(21-8-5-9-22(34-2)27(21)35-3)30(28(33)26(23)32)17-18-7-6-14-29-16-18/h4-14,16,24,31H,1,15,17H2,2-3H3/b25-23+/t24-/m1/s1. The van der Waals surface area contributed by atoms with Crippen molar-refractivity contribution in [3.8, 4) is 17.2 Å². The molecule has 2 heterocycles. The number of likely N-dealkylation sites (tertiary alicyclic amines) is 1. The molecule has 0 bridgehead atoms. The van der Waals surface area contributed by atoms with Gasteiger partial charge in [0.25, 0.3) is 11.7 Å². The van der Waals surface area contributed by atoms with Crippen molar-refractivity contribution in [2.24, 2.45) is 0 Å². The number of hydrogen-bond acceptors (Lipinski definition) is 7. The number of Topliss-reactive ketones (excluding diaryl/α,β-unsaturated/α-hetero) is 1. The molecule has 1 aliphatic heterocycles. The van der Waals surface area contributed by atoms with Crippen LogP contribution in [-0.4, -0.2) is 47.5 Å². The van der Waals surface area contributed by atoms with Crippen molar-refractivity contribution < 1.29 is 28.9 Å². The van der Waals surface area contributed by atoms with Crippen LogP contribution in [0.4, 0.5) is 0 Å². The van der Waals surface area contributed by atoms with E-state index < -0.39 is 17.7 Å². The maximum absolute atomic E-state index is 13.3. The van der Waals surface area contributed by atoms with E-state index in [-0.39, 0.29) is 17.9 Å². The molecule has 36 heavy (non-hydrogen) atoms. The van der Waals surface area contributed by atoms with E-state index >= 15 is 0 Å². The Morgan fingerprint density at radius 2 is 1.86 bits per heavy atom. The van der Waals surface area contributed by atoms with E-state index in [2.05, 4.69) is 11.6 Å². The maximum atomic E-state index is 13.3. The highest BCUT2D eigenvalue weighted by Crippen LogP contribution is 2.46. The zero-order chi connectivity index (χ0) is 25.7. The Kier molecular flexibility index (Phi) is 7.34. The molecule has 184 valence electrons. The summed E-state index contributed by atoms with van der Waals surface area (Å²) >= 11 is 0. The van der Waals surface area contributed by atoms with Gasteiger partial charge in [-0.1, -0.05) is 30.9 Å². The summed E-state index contributed by atoms with van der Waals surface area (Å²) in [5.74, 6) is -0.450. The number of ether oxygens (including phenoxy) is 3. The molecule has 8 nitrogen and oxygen atoms in total. The molecule has 1 N–H and O–H groups in total. The zero-order valence-corrected chi connectivity index (χ0v) is 20.0. The highest BCUT2D eigenvalue weighted by molar-refractivity contribution is 6.46. The fourth-order valence-electron chi connectivity index (χ4n) is 4.20. The largest absolute Gasteiger partial charge is 0.507 e. The highest BCUT2D eigenvalue weighted by Gasteiger charge is 2.47. The number of aliphatic hydroxyl groups is 1. The van der Waals surface area contributed by atoms with Crippen LogP contribution in [0, 0.1) is 0 Å². The zero-order valence-electron chi connectivity index (χ0n) is 20.0. The number of aliphatic hydroxyl groups excluding tert-OH is 1. The molecule has 1 fully saturated rings. The summed E-state index contributed by atoms with van der Waals surface area (Å²) in [4.78, 5) is 32.1. The SMILES string of the molecule is C=CCOc1ccc(/C(O)=C2\C(=O)C(=O)N(Cc3cccnc3)[C@@H]2c2cccc(OC)c2OC)cc1. The lowest BCUT2D eigenvalue weighted by Crippen LogP contribution is -2.29. The van der Waals surface area contributed by atoms with Gasteiger partial charge in [-0.15, -0.1) is 0 Å². The van der Waals surface area contributed by atoms with E-state index in [9.17, 15) is 14.7 Å². The Bertz CT molecular complexity index is 1300. The van der Waals surface area contributed by atoms with Gasteiger partial charge >= 0.3 is 0 Å². The lowest BCUT2D eigenvalue weighted by molar-refractivity contribution is -0.140. The van der Waals surface area contributed by atoms with Crippen LogP contribution < -0.4 is 14.2 Å². The van der Waals surface area contributed by atoms with Gasteiger partial charge in [-0.3, -0.25) is 14.6 Å². The Morgan fingerprint density at radius 1 is 1.08 bits per heavy atom. The monoisotopic (exact) mass is 486 g/mol. The molecule has 0 radical (unpaired) electrons. The van der Waals surface area contributed by atoms with Crippen LogP contribution in [-0.2, 0) is 16.1 Å². The van der Waals surface area contributed by atoms with Gasteiger partial charge in [-0.25, -0.2) is 0 Å². The van der Waals surface area contributed by atoms with Crippen molar-refractivity contribution in [1.29, 1.82) is 0 Å². The van der Waals surface area contributed by atoms with Crippen LogP contribution >= 0.6 is 0 Å². The van der Waals surface area contributed by atoms with Crippen LogP contribution in [0.15, 0.2) is 85.2 Å². The smallest absolute Gasteiger partial charge is 0.295 e. The fourth-order valence-corrected chi connectivity index (χ4v) is 4.20. The summed E-state index contributed by atoms with van der Waals surface area (Å²) in [5, 5.41) is 11.3. The normalized spacial score (nSPS) is 16.6. The number of para-hydroxylation sites is 1. The van der Waals surface area contributed by atoms with Gasteiger partial charge in [0.2, 0.25) is 0 Å². The lowest BCUT2D eigenvalue weighted by Gasteiger charge is -2.27. The minimum Gasteiger partial charge on any atom is -0.507 e. The number of benzene rings is 2. The van der Waals surface area contributed by atoms with Crippen molar-refractivity contribution in [2.45, 2.75) is 12.6 Å². The van der Waals surface area contributed by atoms with E-state index in [1.807, 2.05) is 6.07 Å². The summed E-state index contributed by atoms with van der Waals surface area (Å²) < 4.78 is 16.6. The number of carbonyl (C=O) groups is 2. The Balaban J connectivity index is 1.87. The van der Waals surface area contributed by atoms with Gasteiger partial charge in [0.1, 0.15) is 18.1 Å². The van der Waals surface area contributed by atoms with E-state index in [1.165, 1.54) is 19.1 Å². The minimum atomic E-state index is -0.924. The highest BCUT2D eigenvalue weighted by atomic mass is 16.5. The molecule has 4 rings (SSSR count). The predicted molar refractivity (Wildman–Crippen MR) is 134 cm³/mol. The van der Waals surface area contributed by atoms with E-state index in [1.54, 1.807) is 67.0 Å². The number of aromatic nitrogens is 1. The quantitative estimate of drug-likeness (QED) is 0.209. The van der Waals surface area contributed by atoms with Gasteiger partial charge in [0, 0.05) is 30.1 Å². The van der Waals surface area contributed by atoms with Crippen LogP contribution in [0.1, 0.15) is 22.7 Å². The molecule has 1 aromatic heterocycles. The molecule has 0 aliphatic carbocycles. The Hall–Kier alpha value is -4.59. The molecule has 1 atom stereocenters. The number of ketones is 1. The van der Waals surface area contributed by atoms with Crippen molar-refractivity contribution in [3.63, 3.8) is 0 Å². The number of rotatable bonds is 9. The van der Waals surface area contributed by atoms with Crippen molar-refractivity contribution >= 4 is 17.4 Å². The third kappa shape index (κ3) is 4.65. The summed E-state index contributed by atoms with van der Waals surface area (Å²) in [7, 11) is 2.99. The Labute approximate surface area is 209 Å². The van der Waals surface area contributed by atoms with Gasteiger partial charge in [-0.2, -0.15) is 0 Å². The summed E-state index contributed by atoms with van der Waals surface area (Å²) in [6.07, 6.45) is 4.88. The van der Waals surface area contributed by atoms with Crippen molar-refractivity contribution in [3.05, 3.63) is 102 Å². The predicted octanol–water partition coefficient (Wildman–Crippen LogP) is 4.29. The summed E-state index contributed by atoms with van der Waals surface area (Å²) in [5.41, 5.74) is 1.56. The van der Waals surface area contributed by atoms with Crippen LogP contribution in [0.25, 0.3) is 5.76 Å². The topological polar surface area (TPSA) is 98.2 Å². The minimum absolute atomic E-state index is 0.0461. The van der Waals surface area contributed by atoms with Crippen molar-refractivity contribution in [2.75, 3.05) is 20.8 Å². The Morgan fingerprint density at radius 3 is 2.50 bits per heavy atom. The average Bonchev–Trinajstić information content (AvgIpc) is 3.16. The first kappa shape index (κ1) is 24.5. The van der Waals surface area contributed by atoms with Gasteiger partial charge < -0.3 is 24.2 Å². The molecule has 1 saturated heterocycles. The second kappa shape index (κ2) is 10.8. The number of carbonyl (C=O) groups excluding carboxylic acids is 2. The molecule has 2 aromatic carbocycles. The molecular formula is C28H26N2O6. The third-order valence-corrected chi connectivity index (χ3v) is 5.84. The van der Waals surface area contributed by atoms with E-state index in [4.69, 9.17) is 14.2 Å². The van der Waals surface area contributed by atoms with Crippen LogP contribution in [0.3, 0.4) is 0 Å². The van der Waals surface area contributed by atoms with Crippen LogP contribution in [0.2, 0.25) is 0 Å². The number of nitrogens with zero attached hydrogens (tertiary/aromatic N) is 2. The molecule has 1 aliphatic rings. The van der Waals surface area contributed by atoms with Gasteiger partial charge in [0.15, 0.2) is 11.5 Å². The summed E-state index contributed by atoms with van der Waals surface area (Å²) in [6.45, 7) is 4.06. The molecule has 8 heteroatoms. The van der Waals surface area contributed by atoms with Gasteiger partial charge in [-0.05, 0) is 42.0 Å². The van der Waals surface area contributed by atoms with E-state index in [0.29, 0.717) is 35.0 Å². The first-order chi connectivity index (χ1) is 17.5. The fraction of sp³-hybridized carbons (Fsp3) is 0.179. The molecule has 0 saturated carbocycles. The molecule has 3 aromatic rings. The maximum Gasteiger partial charge on any atom is 0.295 e. The number of pyridine rings is 1. The lowest BCUT2D eigenvalue weighted by atomic mass is 9.94. The first-order valence-electron chi connectivity index (χ1n) is 11.2. The average molecular weight is 487 g/mol. The molecule has 0 spiro atoms. The van der Waals surface area contributed by atoms with Crippen LogP contribution in [0.5, 0.6) is 17.2 Å². The number of amides is 1. The molecule has 1 amide bonds. The molecule has 0 unspecified atom stereocenters. The second-order valence-electron chi connectivity index (χ2n) is 8.00. The number of hydrogen-bond donors (Lipinski definition) is 1. The van der Waals surface area contributed by atoms with Crippen molar-refractivity contribution in [1.82, 2.24) is 9.88 Å². The molecular weight excluding hydrogens is 460 g/mol. The first-order valence-corrected chi connectivity index (χ1v) is 11.2. The third-order valence-electron chi connectivity index (χ3n) is 5.84. The van der Waals surface area contributed by atoms with Gasteiger partial charge in [0.05, 0.1) is 25.8 Å². The van der Waals surface area contributed by atoms with E-state index in [0.717, 1.165) is 5.56 Å².